The summed E-state index contributed by atoms with van der Waals surface area (Å²) in [5, 5.41) is 8.59. The molecule has 5 nitrogen and oxygen atoms in total. The standard InChI is InChI=1S/C19H20N4OS/c1-25-13-14-7-9-15(10-8-14)19(24)22-12-4-5-16(22)18-21-20-17-6-2-3-11-23(17)18/h2-3,6-11,16H,4-5,12-13H2,1H3/t16-/m0/s1. The number of fused-ring (bicyclic) bond motifs is 1. The molecule has 0 radical (unpaired) electrons. The largest absolute Gasteiger partial charge is 0.328 e. The van der Waals surface area contributed by atoms with Crippen molar-refractivity contribution in [2.24, 2.45) is 0 Å². The van der Waals surface area contributed by atoms with E-state index in [1.165, 1.54) is 5.56 Å². The van der Waals surface area contributed by atoms with E-state index in [4.69, 9.17) is 0 Å². The van der Waals surface area contributed by atoms with Gasteiger partial charge in [0.2, 0.25) is 0 Å². The maximum Gasteiger partial charge on any atom is 0.254 e. The lowest BCUT2D eigenvalue weighted by Gasteiger charge is -2.23. The summed E-state index contributed by atoms with van der Waals surface area (Å²) in [5.41, 5.74) is 2.80. The van der Waals surface area contributed by atoms with Crippen molar-refractivity contribution in [3.05, 3.63) is 65.6 Å². The average molecular weight is 352 g/mol. The van der Waals surface area contributed by atoms with Gasteiger partial charge < -0.3 is 4.90 Å². The summed E-state index contributed by atoms with van der Waals surface area (Å²) in [7, 11) is 0. The summed E-state index contributed by atoms with van der Waals surface area (Å²) in [4.78, 5) is 15.0. The van der Waals surface area contributed by atoms with E-state index in [0.717, 1.165) is 42.2 Å². The highest BCUT2D eigenvalue weighted by Gasteiger charge is 2.33. The second-order valence-corrected chi connectivity index (χ2v) is 7.14. The van der Waals surface area contributed by atoms with Crippen LogP contribution in [0.25, 0.3) is 5.65 Å². The highest BCUT2D eigenvalue weighted by molar-refractivity contribution is 7.97. The lowest BCUT2D eigenvalue weighted by Crippen LogP contribution is -2.31. The first-order valence-corrected chi connectivity index (χ1v) is 9.86. The monoisotopic (exact) mass is 352 g/mol. The SMILES string of the molecule is CSCc1ccc(C(=O)N2CCC[C@H]2c2nnc3ccccn23)cc1. The normalized spacial score (nSPS) is 17.3. The summed E-state index contributed by atoms with van der Waals surface area (Å²) in [6, 6.07) is 13.8. The van der Waals surface area contributed by atoms with Crippen LogP contribution < -0.4 is 0 Å². The zero-order chi connectivity index (χ0) is 17.2. The maximum absolute atomic E-state index is 13.0. The Hall–Kier alpha value is -2.34. The van der Waals surface area contributed by atoms with E-state index in [0.29, 0.717) is 0 Å². The summed E-state index contributed by atoms with van der Waals surface area (Å²) in [5.74, 6) is 1.89. The molecule has 1 aliphatic heterocycles. The first-order valence-electron chi connectivity index (χ1n) is 8.46. The molecule has 0 bridgehead atoms. The van der Waals surface area contributed by atoms with Crippen LogP contribution in [0, 0.1) is 0 Å². The molecular formula is C19H20N4OS. The smallest absolute Gasteiger partial charge is 0.254 e. The number of rotatable bonds is 4. The van der Waals surface area contributed by atoms with Crippen molar-refractivity contribution >= 4 is 23.3 Å². The van der Waals surface area contributed by atoms with Gasteiger partial charge in [0, 0.05) is 24.1 Å². The number of hydrogen-bond acceptors (Lipinski definition) is 4. The third-order valence-corrected chi connectivity index (χ3v) is 5.29. The highest BCUT2D eigenvalue weighted by Crippen LogP contribution is 2.32. The average Bonchev–Trinajstić information content (AvgIpc) is 3.28. The first kappa shape index (κ1) is 16.1. The van der Waals surface area contributed by atoms with E-state index >= 15 is 0 Å². The second kappa shape index (κ2) is 6.88. The zero-order valence-corrected chi connectivity index (χ0v) is 14.9. The Balaban J connectivity index is 1.61. The molecule has 1 aromatic carbocycles. The Morgan fingerprint density at radius 2 is 2.04 bits per heavy atom. The Labute approximate surface area is 151 Å². The molecule has 6 heteroatoms. The number of carbonyl (C=O) groups is 1. The molecule has 2 aromatic heterocycles. The van der Waals surface area contributed by atoms with Crippen LogP contribution in [0.1, 0.15) is 40.6 Å². The van der Waals surface area contributed by atoms with Gasteiger partial charge in [0.25, 0.3) is 5.91 Å². The number of likely N-dealkylation sites (tertiary alicyclic amines) is 1. The molecule has 0 N–H and O–H groups in total. The predicted octanol–water partition coefficient (Wildman–Crippen LogP) is 3.57. The third kappa shape index (κ3) is 3.02. The molecule has 3 heterocycles. The maximum atomic E-state index is 13.0. The quantitative estimate of drug-likeness (QED) is 0.720. The van der Waals surface area contributed by atoms with E-state index in [1.54, 1.807) is 11.8 Å². The van der Waals surface area contributed by atoms with Crippen molar-refractivity contribution in [2.45, 2.75) is 24.6 Å². The number of hydrogen-bond donors (Lipinski definition) is 0. The Morgan fingerprint density at radius 1 is 1.20 bits per heavy atom. The topological polar surface area (TPSA) is 50.5 Å². The van der Waals surface area contributed by atoms with Gasteiger partial charge in [0.15, 0.2) is 11.5 Å². The predicted molar refractivity (Wildman–Crippen MR) is 99.7 cm³/mol. The second-order valence-electron chi connectivity index (χ2n) is 6.27. The molecule has 3 aromatic rings. The Kier molecular flexibility index (Phi) is 4.44. The minimum atomic E-state index is -0.0178. The van der Waals surface area contributed by atoms with Crippen molar-refractivity contribution in [1.82, 2.24) is 19.5 Å². The molecule has 0 spiro atoms. The third-order valence-electron chi connectivity index (χ3n) is 4.66. The van der Waals surface area contributed by atoms with Crippen LogP contribution in [0.15, 0.2) is 48.7 Å². The van der Waals surface area contributed by atoms with Gasteiger partial charge in [-0.05, 0) is 48.9 Å². The fourth-order valence-electron chi connectivity index (χ4n) is 3.44. The van der Waals surface area contributed by atoms with Crippen LogP contribution in [0.3, 0.4) is 0 Å². The van der Waals surface area contributed by atoms with E-state index in [-0.39, 0.29) is 11.9 Å². The van der Waals surface area contributed by atoms with Crippen LogP contribution in [-0.4, -0.2) is 38.2 Å². The fourth-order valence-corrected chi connectivity index (χ4v) is 3.97. The van der Waals surface area contributed by atoms with Crippen LogP contribution in [0.5, 0.6) is 0 Å². The van der Waals surface area contributed by atoms with Crippen molar-refractivity contribution in [3.8, 4) is 0 Å². The summed E-state index contributed by atoms with van der Waals surface area (Å²) in [6.45, 7) is 0.762. The van der Waals surface area contributed by atoms with Gasteiger partial charge in [-0.1, -0.05) is 18.2 Å². The molecule has 0 saturated carbocycles. The molecule has 1 saturated heterocycles. The lowest BCUT2D eigenvalue weighted by molar-refractivity contribution is 0.0729. The minimum Gasteiger partial charge on any atom is -0.328 e. The molecular weight excluding hydrogens is 332 g/mol. The first-order chi connectivity index (χ1) is 12.3. The van der Waals surface area contributed by atoms with E-state index in [2.05, 4.69) is 16.5 Å². The number of benzene rings is 1. The molecule has 1 aliphatic rings. The van der Waals surface area contributed by atoms with Gasteiger partial charge in [-0.15, -0.1) is 10.2 Å². The highest BCUT2D eigenvalue weighted by atomic mass is 32.2. The van der Waals surface area contributed by atoms with Crippen molar-refractivity contribution in [1.29, 1.82) is 0 Å². The number of amides is 1. The van der Waals surface area contributed by atoms with E-state index in [1.807, 2.05) is 58.0 Å². The van der Waals surface area contributed by atoms with E-state index < -0.39 is 0 Å². The number of carbonyl (C=O) groups excluding carboxylic acids is 1. The lowest BCUT2D eigenvalue weighted by atomic mass is 10.1. The van der Waals surface area contributed by atoms with Gasteiger partial charge in [-0.3, -0.25) is 9.20 Å². The van der Waals surface area contributed by atoms with Gasteiger partial charge in [-0.25, -0.2) is 0 Å². The van der Waals surface area contributed by atoms with Gasteiger partial charge >= 0.3 is 0 Å². The van der Waals surface area contributed by atoms with Crippen LogP contribution >= 0.6 is 11.8 Å². The van der Waals surface area contributed by atoms with Crippen LogP contribution in [0.4, 0.5) is 0 Å². The zero-order valence-electron chi connectivity index (χ0n) is 14.1. The van der Waals surface area contributed by atoms with Crippen molar-refractivity contribution in [2.75, 3.05) is 12.8 Å². The molecule has 0 aliphatic carbocycles. The molecule has 25 heavy (non-hydrogen) atoms. The number of nitrogens with zero attached hydrogens (tertiary/aromatic N) is 4. The Morgan fingerprint density at radius 3 is 2.84 bits per heavy atom. The summed E-state index contributed by atoms with van der Waals surface area (Å²) >= 11 is 1.78. The van der Waals surface area contributed by atoms with Gasteiger partial charge in [-0.2, -0.15) is 11.8 Å². The molecule has 4 rings (SSSR count). The fraction of sp³-hybridized carbons (Fsp3) is 0.316. The molecule has 1 fully saturated rings. The van der Waals surface area contributed by atoms with Crippen molar-refractivity contribution < 1.29 is 4.79 Å². The van der Waals surface area contributed by atoms with Crippen LogP contribution in [0.2, 0.25) is 0 Å². The molecule has 128 valence electrons. The van der Waals surface area contributed by atoms with E-state index in [9.17, 15) is 4.79 Å². The molecule has 1 atom stereocenters. The van der Waals surface area contributed by atoms with Crippen LogP contribution in [-0.2, 0) is 5.75 Å². The summed E-state index contributed by atoms with van der Waals surface area (Å²) < 4.78 is 1.98. The number of pyridine rings is 1. The molecule has 1 amide bonds. The van der Waals surface area contributed by atoms with Crippen molar-refractivity contribution in [3.63, 3.8) is 0 Å². The Bertz CT molecular complexity index is 890. The summed E-state index contributed by atoms with van der Waals surface area (Å²) in [6.07, 6.45) is 5.95. The molecule has 0 unspecified atom stereocenters. The van der Waals surface area contributed by atoms with Gasteiger partial charge in [0.1, 0.15) is 0 Å². The number of aromatic nitrogens is 3. The minimum absolute atomic E-state index is 0.0178. The van der Waals surface area contributed by atoms with Gasteiger partial charge in [0.05, 0.1) is 6.04 Å². The number of thioether (sulfide) groups is 1.